The number of piperidine rings is 1. The van der Waals surface area contributed by atoms with Crippen LogP contribution in [0.5, 0.6) is 0 Å². The third-order valence-electron chi connectivity index (χ3n) is 3.69. The molecule has 1 aliphatic rings. The van der Waals surface area contributed by atoms with Gasteiger partial charge < -0.3 is 20.2 Å². The third-order valence-corrected chi connectivity index (χ3v) is 4.67. The molecule has 2 rings (SSSR count). The molecule has 0 spiro atoms. The van der Waals surface area contributed by atoms with E-state index in [1.807, 2.05) is 20.2 Å². The highest BCUT2D eigenvalue weighted by molar-refractivity contribution is 7.10. The second-order valence-corrected chi connectivity index (χ2v) is 6.38. The van der Waals surface area contributed by atoms with Crippen molar-refractivity contribution in [3.8, 4) is 0 Å². The van der Waals surface area contributed by atoms with Crippen LogP contribution in [0.2, 0.25) is 0 Å². The molecule has 20 heavy (non-hydrogen) atoms. The van der Waals surface area contributed by atoms with E-state index >= 15 is 0 Å². The quantitative estimate of drug-likeness (QED) is 0.886. The Morgan fingerprint density at radius 2 is 2.25 bits per heavy atom. The van der Waals surface area contributed by atoms with E-state index in [-0.39, 0.29) is 18.2 Å². The summed E-state index contributed by atoms with van der Waals surface area (Å²) in [6.07, 6.45) is 1.10. The minimum absolute atomic E-state index is 0.0275. The monoisotopic (exact) mass is 297 g/mol. The summed E-state index contributed by atoms with van der Waals surface area (Å²) in [5.74, 6) is 0. The number of likely N-dealkylation sites (N-methyl/N-ethyl adjacent to an activating group) is 1. The van der Waals surface area contributed by atoms with E-state index in [4.69, 9.17) is 0 Å². The zero-order chi connectivity index (χ0) is 14.5. The van der Waals surface area contributed by atoms with E-state index < -0.39 is 0 Å². The van der Waals surface area contributed by atoms with Crippen molar-refractivity contribution in [1.29, 1.82) is 0 Å². The molecule has 1 aliphatic heterocycles. The van der Waals surface area contributed by atoms with Gasteiger partial charge in [-0.15, -0.1) is 11.3 Å². The maximum absolute atomic E-state index is 12.1. The summed E-state index contributed by atoms with van der Waals surface area (Å²) in [6, 6.07) is 4.30. The molecule has 0 bridgehead atoms. The summed E-state index contributed by atoms with van der Waals surface area (Å²) in [4.78, 5) is 17.3. The van der Waals surface area contributed by atoms with Gasteiger partial charge in [0, 0.05) is 24.5 Å². The van der Waals surface area contributed by atoms with Crippen molar-refractivity contribution in [3.05, 3.63) is 22.4 Å². The third kappa shape index (κ3) is 3.94. The fourth-order valence-electron chi connectivity index (χ4n) is 2.38. The first-order valence-electron chi connectivity index (χ1n) is 6.98. The molecule has 2 amide bonds. The summed E-state index contributed by atoms with van der Waals surface area (Å²) in [5, 5.41) is 14.5. The Labute approximate surface area is 124 Å². The standard InChI is InChI=1S/C14H23N3O2S/c1-16(2)12(13-4-3-9-20-13)10-15-14(19)17-7-5-11(18)6-8-17/h3-4,9,11-12,18H,5-8,10H2,1-2H3,(H,15,19)/t12-/m1/s1. The lowest BCUT2D eigenvalue weighted by Crippen LogP contribution is -2.47. The summed E-state index contributed by atoms with van der Waals surface area (Å²) in [5.41, 5.74) is 0. The largest absolute Gasteiger partial charge is 0.393 e. The highest BCUT2D eigenvalue weighted by Crippen LogP contribution is 2.22. The van der Waals surface area contributed by atoms with Gasteiger partial charge in [-0.05, 0) is 38.4 Å². The molecule has 0 saturated carbocycles. The number of aliphatic hydroxyl groups is 1. The first kappa shape index (κ1) is 15.3. The number of hydrogen-bond acceptors (Lipinski definition) is 4. The van der Waals surface area contributed by atoms with Gasteiger partial charge in [0.1, 0.15) is 0 Å². The van der Waals surface area contributed by atoms with Crippen LogP contribution in [-0.4, -0.2) is 60.8 Å². The van der Waals surface area contributed by atoms with Gasteiger partial charge in [-0.1, -0.05) is 6.07 Å². The normalized spacial score (nSPS) is 18.3. The van der Waals surface area contributed by atoms with Crippen molar-refractivity contribution in [2.24, 2.45) is 0 Å². The molecule has 6 heteroatoms. The molecule has 0 radical (unpaired) electrons. The number of nitrogens with one attached hydrogen (secondary N) is 1. The Morgan fingerprint density at radius 1 is 1.55 bits per heavy atom. The Kier molecular flexibility index (Phi) is 5.39. The lowest BCUT2D eigenvalue weighted by atomic mass is 10.1. The van der Waals surface area contributed by atoms with Crippen LogP contribution in [0.3, 0.4) is 0 Å². The zero-order valence-electron chi connectivity index (χ0n) is 12.1. The molecule has 1 saturated heterocycles. The smallest absolute Gasteiger partial charge is 0.317 e. The Hall–Kier alpha value is -1.11. The lowest BCUT2D eigenvalue weighted by molar-refractivity contribution is 0.0931. The second-order valence-electron chi connectivity index (χ2n) is 5.40. The van der Waals surface area contributed by atoms with Gasteiger partial charge >= 0.3 is 6.03 Å². The summed E-state index contributed by atoms with van der Waals surface area (Å²) in [6.45, 7) is 1.88. The Balaban J connectivity index is 1.85. The highest BCUT2D eigenvalue weighted by atomic mass is 32.1. The topological polar surface area (TPSA) is 55.8 Å². The number of carbonyl (C=O) groups excluding carboxylic acids is 1. The molecular formula is C14H23N3O2S. The second kappa shape index (κ2) is 7.06. The van der Waals surface area contributed by atoms with Crippen LogP contribution in [0.4, 0.5) is 4.79 Å². The van der Waals surface area contributed by atoms with E-state index in [1.165, 1.54) is 4.88 Å². The minimum Gasteiger partial charge on any atom is -0.393 e. The molecule has 1 fully saturated rings. The lowest BCUT2D eigenvalue weighted by Gasteiger charge is -2.31. The number of hydrogen-bond donors (Lipinski definition) is 2. The SMILES string of the molecule is CN(C)[C@H](CNC(=O)N1CCC(O)CC1)c1cccs1. The fourth-order valence-corrected chi connectivity index (χ4v) is 3.31. The van der Waals surface area contributed by atoms with Gasteiger partial charge in [-0.3, -0.25) is 0 Å². The average molecular weight is 297 g/mol. The maximum Gasteiger partial charge on any atom is 0.317 e. The molecule has 1 atom stereocenters. The molecular weight excluding hydrogens is 274 g/mol. The molecule has 112 valence electrons. The van der Waals surface area contributed by atoms with Gasteiger partial charge in [-0.2, -0.15) is 0 Å². The van der Waals surface area contributed by atoms with E-state index in [0.717, 1.165) is 0 Å². The number of likely N-dealkylation sites (tertiary alicyclic amines) is 1. The van der Waals surface area contributed by atoms with E-state index in [0.29, 0.717) is 32.5 Å². The van der Waals surface area contributed by atoms with Crippen LogP contribution < -0.4 is 5.32 Å². The number of urea groups is 1. The average Bonchev–Trinajstić information content (AvgIpc) is 2.93. The van der Waals surface area contributed by atoms with Crippen LogP contribution in [0, 0.1) is 0 Å². The van der Waals surface area contributed by atoms with Gasteiger partial charge in [0.05, 0.1) is 12.1 Å². The van der Waals surface area contributed by atoms with E-state index in [2.05, 4.69) is 21.7 Å². The van der Waals surface area contributed by atoms with Crippen molar-refractivity contribution in [2.75, 3.05) is 33.7 Å². The molecule has 5 nitrogen and oxygen atoms in total. The first-order chi connectivity index (χ1) is 9.58. The molecule has 0 aliphatic carbocycles. The molecule has 1 aromatic heterocycles. The van der Waals surface area contributed by atoms with E-state index in [1.54, 1.807) is 16.2 Å². The van der Waals surface area contributed by atoms with Crippen LogP contribution in [0.1, 0.15) is 23.8 Å². The van der Waals surface area contributed by atoms with Crippen molar-refractivity contribution in [3.63, 3.8) is 0 Å². The van der Waals surface area contributed by atoms with Gasteiger partial charge in [-0.25, -0.2) is 4.79 Å². The van der Waals surface area contributed by atoms with Crippen LogP contribution in [0.25, 0.3) is 0 Å². The number of nitrogens with zero attached hydrogens (tertiary/aromatic N) is 2. The molecule has 2 N–H and O–H groups in total. The van der Waals surface area contributed by atoms with Crippen molar-refractivity contribution in [1.82, 2.24) is 15.1 Å². The Bertz CT molecular complexity index is 414. The molecule has 2 heterocycles. The van der Waals surface area contributed by atoms with Gasteiger partial charge in [0.2, 0.25) is 0 Å². The number of aliphatic hydroxyl groups excluding tert-OH is 1. The van der Waals surface area contributed by atoms with Crippen molar-refractivity contribution >= 4 is 17.4 Å². The predicted octanol–water partition coefficient (Wildman–Crippen LogP) is 1.52. The molecule has 1 aromatic rings. The van der Waals surface area contributed by atoms with Crippen LogP contribution in [0.15, 0.2) is 17.5 Å². The van der Waals surface area contributed by atoms with E-state index in [9.17, 15) is 9.90 Å². The van der Waals surface area contributed by atoms with Crippen molar-refractivity contribution in [2.45, 2.75) is 25.0 Å². The molecule has 0 aromatic carbocycles. The molecule has 0 unspecified atom stereocenters. The van der Waals surface area contributed by atoms with Gasteiger partial charge in [0.15, 0.2) is 0 Å². The first-order valence-corrected chi connectivity index (χ1v) is 7.86. The number of rotatable bonds is 4. The van der Waals surface area contributed by atoms with Gasteiger partial charge in [0.25, 0.3) is 0 Å². The summed E-state index contributed by atoms with van der Waals surface area (Å²) in [7, 11) is 4.04. The number of thiophene rings is 1. The number of amides is 2. The Morgan fingerprint density at radius 3 is 2.80 bits per heavy atom. The minimum atomic E-state index is -0.250. The number of carbonyl (C=O) groups is 1. The summed E-state index contributed by atoms with van der Waals surface area (Å²) >= 11 is 1.71. The maximum atomic E-state index is 12.1. The highest BCUT2D eigenvalue weighted by Gasteiger charge is 2.22. The fraction of sp³-hybridized carbons (Fsp3) is 0.643. The predicted molar refractivity (Wildman–Crippen MR) is 81.0 cm³/mol. The summed E-state index contributed by atoms with van der Waals surface area (Å²) < 4.78 is 0. The van der Waals surface area contributed by atoms with Crippen molar-refractivity contribution < 1.29 is 9.90 Å². The van der Waals surface area contributed by atoms with Crippen LogP contribution >= 0.6 is 11.3 Å². The zero-order valence-corrected chi connectivity index (χ0v) is 12.9. The van der Waals surface area contributed by atoms with Crippen LogP contribution in [-0.2, 0) is 0 Å².